The van der Waals surface area contributed by atoms with Gasteiger partial charge in [-0.25, -0.2) is 9.78 Å². The van der Waals surface area contributed by atoms with Crippen molar-refractivity contribution in [1.29, 1.82) is 5.26 Å². The molecule has 0 aliphatic carbocycles. The van der Waals surface area contributed by atoms with E-state index in [4.69, 9.17) is 11.0 Å². The van der Waals surface area contributed by atoms with Gasteiger partial charge >= 0.3 is 5.97 Å². The molecule has 2 aromatic rings. The van der Waals surface area contributed by atoms with E-state index in [1.165, 1.54) is 19.4 Å². The molecule has 0 amide bonds. The van der Waals surface area contributed by atoms with Gasteiger partial charge in [0.15, 0.2) is 5.82 Å². The Balaban J connectivity index is 2.29. The molecule has 0 bridgehead atoms. The number of ether oxygens (including phenoxy) is 1. The summed E-state index contributed by atoms with van der Waals surface area (Å²) in [4.78, 5) is 15.6. The molecule has 0 atom stereocenters. The Bertz CT molecular complexity index is 675. The predicted octanol–water partition coefficient (Wildman–Crippen LogP) is 2.07. The third kappa shape index (κ3) is 2.67. The summed E-state index contributed by atoms with van der Waals surface area (Å²) in [6.45, 7) is 0. The molecule has 6 nitrogen and oxygen atoms in total. The Morgan fingerprint density at radius 1 is 1.35 bits per heavy atom. The molecule has 1 heterocycles. The summed E-state index contributed by atoms with van der Waals surface area (Å²) in [6.07, 6.45) is 1.47. The second-order valence-corrected chi connectivity index (χ2v) is 3.93. The summed E-state index contributed by atoms with van der Waals surface area (Å²) in [6, 6.07) is 10.3. The number of nitrogens with zero attached hydrogens (tertiary/aromatic N) is 2. The Morgan fingerprint density at radius 2 is 2.05 bits per heavy atom. The number of nitrogens with two attached hydrogens (primary N) is 1. The number of esters is 1. The van der Waals surface area contributed by atoms with Crippen molar-refractivity contribution in [3.8, 4) is 6.07 Å². The molecular weight excluding hydrogens is 256 g/mol. The van der Waals surface area contributed by atoms with E-state index in [1.54, 1.807) is 24.3 Å². The van der Waals surface area contributed by atoms with Crippen molar-refractivity contribution in [1.82, 2.24) is 4.98 Å². The molecule has 20 heavy (non-hydrogen) atoms. The summed E-state index contributed by atoms with van der Waals surface area (Å²) >= 11 is 0. The first kappa shape index (κ1) is 13.4. The molecule has 0 fully saturated rings. The molecule has 100 valence electrons. The Hall–Kier alpha value is -3.07. The Labute approximate surface area is 115 Å². The number of anilines is 3. The number of carbonyl (C=O) groups is 1. The zero-order valence-electron chi connectivity index (χ0n) is 10.8. The highest BCUT2D eigenvalue weighted by atomic mass is 16.5. The SMILES string of the molecule is COC(=O)c1ccnc(Nc2ccc(C#N)cc2)c1N. The fourth-order valence-electron chi connectivity index (χ4n) is 1.63. The van der Waals surface area contributed by atoms with Gasteiger partial charge in [0.2, 0.25) is 0 Å². The lowest BCUT2D eigenvalue weighted by Gasteiger charge is -2.10. The number of carbonyl (C=O) groups excluding carboxylic acids is 1. The molecule has 6 heteroatoms. The monoisotopic (exact) mass is 268 g/mol. The van der Waals surface area contributed by atoms with Crippen LogP contribution >= 0.6 is 0 Å². The summed E-state index contributed by atoms with van der Waals surface area (Å²) < 4.78 is 4.64. The topological polar surface area (TPSA) is 101 Å². The molecule has 0 aliphatic rings. The number of pyridine rings is 1. The molecule has 0 aliphatic heterocycles. The third-order valence-electron chi connectivity index (χ3n) is 2.67. The van der Waals surface area contributed by atoms with E-state index in [2.05, 4.69) is 15.0 Å². The van der Waals surface area contributed by atoms with Crippen LogP contribution in [-0.2, 0) is 4.74 Å². The second-order valence-electron chi connectivity index (χ2n) is 3.93. The summed E-state index contributed by atoms with van der Waals surface area (Å²) in [5, 5.41) is 11.7. The van der Waals surface area contributed by atoms with Gasteiger partial charge in [0.25, 0.3) is 0 Å². The quantitative estimate of drug-likeness (QED) is 0.826. The van der Waals surface area contributed by atoms with Crippen LogP contribution in [0.3, 0.4) is 0 Å². The lowest BCUT2D eigenvalue weighted by Crippen LogP contribution is -2.08. The van der Waals surface area contributed by atoms with Gasteiger partial charge in [-0.1, -0.05) is 0 Å². The zero-order valence-corrected chi connectivity index (χ0v) is 10.8. The molecule has 0 saturated heterocycles. The van der Waals surface area contributed by atoms with Gasteiger partial charge in [0.05, 0.1) is 30.0 Å². The van der Waals surface area contributed by atoms with Crippen LogP contribution in [0, 0.1) is 11.3 Å². The highest BCUT2D eigenvalue weighted by Gasteiger charge is 2.13. The standard InChI is InChI=1S/C14H12N4O2/c1-20-14(19)11-6-7-17-13(12(11)16)18-10-4-2-9(8-15)3-5-10/h2-7H,16H2,1H3,(H,17,18). The van der Waals surface area contributed by atoms with Crippen LogP contribution in [0.5, 0.6) is 0 Å². The predicted molar refractivity (Wildman–Crippen MR) is 74.4 cm³/mol. The lowest BCUT2D eigenvalue weighted by molar-refractivity contribution is 0.0602. The van der Waals surface area contributed by atoms with E-state index in [-0.39, 0.29) is 11.3 Å². The van der Waals surface area contributed by atoms with Gasteiger partial charge in [0.1, 0.15) is 0 Å². The minimum atomic E-state index is -0.521. The minimum Gasteiger partial charge on any atom is -0.465 e. The van der Waals surface area contributed by atoms with Crippen molar-refractivity contribution in [2.45, 2.75) is 0 Å². The normalized spacial score (nSPS) is 9.60. The van der Waals surface area contributed by atoms with Gasteiger partial charge in [-0.15, -0.1) is 0 Å². The van der Waals surface area contributed by atoms with E-state index in [9.17, 15) is 4.79 Å². The largest absolute Gasteiger partial charge is 0.465 e. The van der Waals surface area contributed by atoms with Gasteiger partial charge < -0.3 is 15.8 Å². The van der Waals surface area contributed by atoms with Crippen molar-refractivity contribution in [3.63, 3.8) is 0 Å². The molecule has 3 N–H and O–H groups in total. The van der Waals surface area contributed by atoms with Gasteiger partial charge in [-0.05, 0) is 30.3 Å². The molecule has 0 spiro atoms. The average molecular weight is 268 g/mol. The van der Waals surface area contributed by atoms with Crippen LogP contribution in [0.1, 0.15) is 15.9 Å². The van der Waals surface area contributed by atoms with E-state index in [0.29, 0.717) is 17.1 Å². The maximum absolute atomic E-state index is 11.5. The van der Waals surface area contributed by atoms with Crippen molar-refractivity contribution >= 4 is 23.2 Å². The molecular formula is C14H12N4O2. The molecule has 0 saturated carbocycles. The number of methoxy groups -OCH3 is 1. The Morgan fingerprint density at radius 3 is 2.65 bits per heavy atom. The first-order chi connectivity index (χ1) is 9.65. The summed E-state index contributed by atoms with van der Waals surface area (Å²) in [5.74, 6) is -0.162. The highest BCUT2D eigenvalue weighted by Crippen LogP contribution is 2.24. The maximum atomic E-state index is 11.5. The van der Waals surface area contributed by atoms with Crippen LogP contribution in [-0.4, -0.2) is 18.1 Å². The van der Waals surface area contributed by atoms with Crippen LogP contribution < -0.4 is 11.1 Å². The molecule has 1 aromatic heterocycles. The van der Waals surface area contributed by atoms with Crippen LogP contribution in [0.25, 0.3) is 0 Å². The number of nitrogens with one attached hydrogen (secondary N) is 1. The van der Waals surface area contributed by atoms with Gasteiger partial charge in [-0.2, -0.15) is 5.26 Å². The number of nitrogen functional groups attached to an aromatic ring is 1. The summed E-state index contributed by atoms with van der Waals surface area (Å²) in [5.41, 5.74) is 7.61. The second kappa shape index (κ2) is 5.71. The first-order valence-corrected chi connectivity index (χ1v) is 5.75. The number of benzene rings is 1. The van der Waals surface area contributed by atoms with Gasteiger partial charge in [0, 0.05) is 11.9 Å². The summed E-state index contributed by atoms with van der Waals surface area (Å²) in [7, 11) is 1.29. The smallest absolute Gasteiger partial charge is 0.340 e. The average Bonchev–Trinajstić information content (AvgIpc) is 2.49. The lowest BCUT2D eigenvalue weighted by atomic mass is 10.2. The van der Waals surface area contributed by atoms with Crippen molar-refractivity contribution in [2.75, 3.05) is 18.2 Å². The van der Waals surface area contributed by atoms with E-state index in [1.807, 2.05) is 6.07 Å². The molecule has 0 unspecified atom stereocenters. The first-order valence-electron chi connectivity index (χ1n) is 5.75. The number of aromatic nitrogens is 1. The van der Waals surface area contributed by atoms with Crippen molar-refractivity contribution in [2.24, 2.45) is 0 Å². The zero-order chi connectivity index (χ0) is 14.5. The highest BCUT2D eigenvalue weighted by molar-refractivity contribution is 5.97. The Kier molecular flexibility index (Phi) is 3.82. The van der Waals surface area contributed by atoms with E-state index >= 15 is 0 Å². The number of rotatable bonds is 3. The van der Waals surface area contributed by atoms with E-state index in [0.717, 1.165) is 0 Å². The minimum absolute atomic E-state index is 0.212. The van der Waals surface area contributed by atoms with Crippen molar-refractivity contribution < 1.29 is 9.53 Å². The molecule has 1 aromatic carbocycles. The fourth-order valence-corrected chi connectivity index (χ4v) is 1.63. The van der Waals surface area contributed by atoms with Crippen LogP contribution in [0.15, 0.2) is 36.5 Å². The molecule has 2 rings (SSSR count). The van der Waals surface area contributed by atoms with Crippen LogP contribution in [0.2, 0.25) is 0 Å². The van der Waals surface area contributed by atoms with E-state index < -0.39 is 5.97 Å². The molecule has 0 radical (unpaired) electrons. The number of nitriles is 1. The van der Waals surface area contributed by atoms with Crippen molar-refractivity contribution in [3.05, 3.63) is 47.7 Å². The van der Waals surface area contributed by atoms with Crippen LogP contribution in [0.4, 0.5) is 17.2 Å². The number of hydrogen-bond acceptors (Lipinski definition) is 6. The number of hydrogen-bond donors (Lipinski definition) is 2. The fraction of sp³-hybridized carbons (Fsp3) is 0.0714. The maximum Gasteiger partial charge on any atom is 0.340 e. The third-order valence-corrected chi connectivity index (χ3v) is 2.67. The van der Waals surface area contributed by atoms with Gasteiger partial charge in [-0.3, -0.25) is 0 Å².